The molecule has 0 aliphatic rings. The van der Waals surface area contributed by atoms with Gasteiger partial charge in [-0.3, -0.25) is 0 Å². The smallest absolute Gasteiger partial charge is 0.186 e. The minimum atomic E-state index is -2.22. The predicted molar refractivity (Wildman–Crippen MR) is 75.3 cm³/mol. The van der Waals surface area contributed by atoms with Crippen LogP contribution >= 0.6 is 23.2 Å². The number of rotatable bonds is 3. The van der Waals surface area contributed by atoms with Gasteiger partial charge in [0.2, 0.25) is 0 Å². The third-order valence-corrected chi connectivity index (χ3v) is 3.53. The number of hydrogen-bond donors (Lipinski definition) is 3. The van der Waals surface area contributed by atoms with E-state index in [-0.39, 0.29) is 37.9 Å². The van der Waals surface area contributed by atoms with Crippen molar-refractivity contribution in [3.8, 4) is 23.0 Å². The minimum absolute atomic E-state index is 0.0161. The largest absolute Gasteiger partial charge is 0.508 e. The molecule has 1 unspecified atom stereocenters. The number of phenolic OH excluding ortho intramolecular Hbond substituents is 2. The van der Waals surface area contributed by atoms with E-state index in [1.54, 1.807) is 0 Å². The molecule has 2 aromatic rings. The third kappa shape index (κ3) is 3.16. The Hall–Kier alpha value is -1.47. The van der Waals surface area contributed by atoms with Crippen LogP contribution in [0.1, 0.15) is 0 Å². The van der Waals surface area contributed by atoms with Gasteiger partial charge >= 0.3 is 0 Å². The van der Waals surface area contributed by atoms with Gasteiger partial charge in [-0.15, -0.1) is 0 Å². The van der Waals surface area contributed by atoms with Crippen molar-refractivity contribution in [2.75, 3.05) is 0 Å². The van der Waals surface area contributed by atoms with E-state index in [1.165, 1.54) is 24.3 Å². The summed E-state index contributed by atoms with van der Waals surface area (Å²) in [4.78, 5) is 0.0299. The first kappa shape index (κ1) is 14.9. The van der Waals surface area contributed by atoms with E-state index < -0.39 is 11.1 Å². The molecule has 0 fully saturated rings. The first-order valence-corrected chi connectivity index (χ1v) is 7.04. The van der Waals surface area contributed by atoms with Crippen LogP contribution in [0.15, 0.2) is 35.2 Å². The maximum Gasteiger partial charge on any atom is 0.186 e. The molecule has 106 valence electrons. The second kappa shape index (κ2) is 5.88. The lowest BCUT2D eigenvalue weighted by molar-refractivity contribution is 0.403. The predicted octanol–water partition coefficient (Wildman–Crippen LogP) is 3.78. The molecule has 5 nitrogen and oxygen atoms in total. The van der Waals surface area contributed by atoms with Crippen LogP contribution in [0.5, 0.6) is 23.0 Å². The summed E-state index contributed by atoms with van der Waals surface area (Å²) in [6, 6.07) is 6.20. The third-order valence-electron chi connectivity index (χ3n) is 2.33. The summed E-state index contributed by atoms with van der Waals surface area (Å²) in [5.74, 6) is -0.363. The number of aromatic hydroxyl groups is 2. The fraction of sp³-hybridized carbons (Fsp3) is 0. The van der Waals surface area contributed by atoms with Gasteiger partial charge in [-0.1, -0.05) is 23.2 Å². The maximum absolute atomic E-state index is 11.0. The monoisotopic (exact) mass is 334 g/mol. The van der Waals surface area contributed by atoms with Gasteiger partial charge in [0.15, 0.2) is 28.3 Å². The summed E-state index contributed by atoms with van der Waals surface area (Å²) >= 11 is 9.63. The molecular weight excluding hydrogens is 327 g/mol. The van der Waals surface area contributed by atoms with Crippen LogP contribution in [-0.4, -0.2) is 19.0 Å². The van der Waals surface area contributed by atoms with Crippen LogP contribution in [0.25, 0.3) is 0 Å². The molecule has 0 aliphatic heterocycles. The Morgan fingerprint density at radius 3 is 2.15 bits per heavy atom. The molecule has 0 saturated heterocycles. The molecule has 20 heavy (non-hydrogen) atoms. The van der Waals surface area contributed by atoms with Crippen molar-refractivity contribution >= 4 is 34.3 Å². The normalized spacial score (nSPS) is 12.2. The molecule has 3 N–H and O–H groups in total. The van der Waals surface area contributed by atoms with E-state index in [0.29, 0.717) is 0 Å². The van der Waals surface area contributed by atoms with Gasteiger partial charge in [-0.05, 0) is 24.3 Å². The van der Waals surface area contributed by atoms with E-state index >= 15 is 0 Å². The van der Waals surface area contributed by atoms with E-state index in [9.17, 15) is 14.4 Å². The van der Waals surface area contributed by atoms with Crippen molar-refractivity contribution < 1.29 is 23.7 Å². The lowest BCUT2D eigenvalue weighted by atomic mass is 10.3. The molecule has 1 atom stereocenters. The summed E-state index contributed by atoms with van der Waals surface area (Å²) in [7, 11) is 0. The standard InChI is InChI=1S/C12H8Cl2O5S/c13-8-4-7(20(17)18)5-9(14)12(8)19-11-2-1-6(15)3-10(11)16/h1-5,15-16H,(H,17,18). The van der Waals surface area contributed by atoms with Crippen LogP contribution in [-0.2, 0) is 11.1 Å². The lowest BCUT2D eigenvalue weighted by Gasteiger charge is -2.11. The van der Waals surface area contributed by atoms with Crippen LogP contribution in [0.2, 0.25) is 10.0 Å². The average molecular weight is 335 g/mol. The quantitative estimate of drug-likeness (QED) is 0.743. The maximum atomic E-state index is 11.0. The Kier molecular flexibility index (Phi) is 4.39. The van der Waals surface area contributed by atoms with Crippen LogP contribution < -0.4 is 4.74 Å². The lowest BCUT2D eigenvalue weighted by Crippen LogP contribution is -1.92. The number of hydrogen-bond acceptors (Lipinski definition) is 4. The van der Waals surface area contributed by atoms with Gasteiger partial charge in [0.1, 0.15) is 5.75 Å². The molecule has 2 aromatic carbocycles. The highest BCUT2D eigenvalue weighted by Crippen LogP contribution is 2.41. The van der Waals surface area contributed by atoms with Crippen molar-refractivity contribution in [1.82, 2.24) is 0 Å². The van der Waals surface area contributed by atoms with Crippen LogP contribution in [0, 0.1) is 0 Å². The summed E-state index contributed by atoms with van der Waals surface area (Å²) in [6.07, 6.45) is 0. The molecular formula is C12H8Cl2O5S. The van der Waals surface area contributed by atoms with Crippen LogP contribution in [0.4, 0.5) is 0 Å². The molecule has 0 aliphatic carbocycles. The zero-order chi connectivity index (χ0) is 14.9. The van der Waals surface area contributed by atoms with Crippen LogP contribution in [0.3, 0.4) is 0 Å². The van der Waals surface area contributed by atoms with Crippen molar-refractivity contribution in [3.63, 3.8) is 0 Å². The molecule has 2 rings (SSSR count). The zero-order valence-corrected chi connectivity index (χ0v) is 12.0. The molecule has 0 spiro atoms. The van der Waals surface area contributed by atoms with Gasteiger partial charge in [-0.25, -0.2) is 4.21 Å². The molecule has 0 saturated carbocycles. The second-order valence-electron chi connectivity index (χ2n) is 3.72. The number of ether oxygens (including phenoxy) is 1. The minimum Gasteiger partial charge on any atom is -0.508 e. The molecule has 0 radical (unpaired) electrons. The van der Waals surface area contributed by atoms with Crippen molar-refractivity contribution in [3.05, 3.63) is 40.4 Å². The average Bonchev–Trinajstić information content (AvgIpc) is 2.35. The number of benzene rings is 2. The Labute approximate surface area is 126 Å². The Morgan fingerprint density at radius 2 is 1.65 bits per heavy atom. The molecule has 0 heterocycles. The number of phenols is 2. The highest BCUT2D eigenvalue weighted by Gasteiger charge is 2.15. The van der Waals surface area contributed by atoms with E-state index in [4.69, 9.17) is 32.5 Å². The second-order valence-corrected chi connectivity index (χ2v) is 5.50. The Morgan fingerprint density at radius 1 is 1.05 bits per heavy atom. The summed E-state index contributed by atoms with van der Waals surface area (Å²) in [5.41, 5.74) is 0. The number of halogens is 2. The van der Waals surface area contributed by atoms with E-state index in [0.717, 1.165) is 6.07 Å². The van der Waals surface area contributed by atoms with Crippen molar-refractivity contribution in [1.29, 1.82) is 0 Å². The Balaban J connectivity index is 2.41. The van der Waals surface area contributed by atoms with Gasteiger partial charge in [0.05, 0.1) is 14.9 Å². The van der Waals surface area contributed by atoms with Gasteiger partial charge in [0.25, 0.3) is 0 Å². The van der Waals surface area contributed by atoms with Gasteiger partial charge in [0, 0.05) is 6.07 Å². The topological polar surface area (TPSA) is 87.0 Å². The molecule has 0 aromatic heterocycles. The van der Waals surface area contributed by atoms with Gasteiger partial charge < -0.3 is 19.5 Å². The zero-order valence-electron chi connectivity index (χ0n) is 9.71. The first-order chi connectivity index (χ1) is 9.38. The molecule has 0 bridgehead atoms. The van der Waals surface area contributed by atoms with Crippen molar-refractivity contribution in [2.45, 2.75) is 4.90 Å². The summed E-state index contributed by atoms with van der Waals surface area (Å²) in [5, 5.41) is 18.8. The highest BCUT2D eigenvalue weighted by atomic mass is 35.5. The van der Waals surface area contributed by atoms with E-state index in [2.05, 4.69) is 0 Å². The van der Waals surface area contributed by atoms with Gasteiger partial charge in [-0.2, -0.15) is 0 Å². The SMILES string of the molecule is O=S(O)c1cc(Cl)c(Oc2ccc(O)cc2O)c(Cl)c1. The van der Waals surface area contributed by atoms with Crippen molar-refractivity contribution in [2.24, 2.45) is 0 Å². The summed E-state index contributed by atoms with van der Waals surface area (Å²) in [6.45, 7) is 0. The molecule has 8 heteroatoms. The fourth-order valence-corrected chi connectivity index (χ4v) is 2.57. The van der Waals surface area contributed by atoms with E-state index in [1.807, 2.05) is 0 Å². The first-order valence-electron chi connectivity index (χ1n) is 5.18. The fourth-order valence-electron chi connectivity index (χ4n) is 1.44. The Bertz CT molecular complexity index is 667. The summed E-state index contributed by atoms with van der Waals surface area (Å²) < 4.78 is 25.3. The molecule has 0 amide bonds. The highest BCUT2D eigenvalue weighted by molar-refractivity contribution is 7.79.